The van der Waals surface area contributed by atoms with Crippen LogP contribution in [0.1, 0.15) is 0 Å². The van der Waals surface area contributed by atoms with E-state index in [0.717, 1.165) is 0 Å². The van der Waals surface area contributed by atoms with Crippen molar-refractivity contribution in [1.82, 2.24) is 0 Å². The Hall–Kier alpha value is -6.76. The van der Waals surface area contributed by atoms with Crippen LogP contribution in [0.3, 0.4) is 0 Å². The molecule has 0 nitrogen and oxygen atoms in total. The van der Waals surface area contributed by atoms with Gasteiger partial charge in [0.2, 0.25) is 0 Å². The van der Waals surface area contributed by atoms with Crippen molar-refractivity contribution in [2.24, 2.45) is 0 Å². The minimum absolute atomic E-state index is 1.21. The SMILES string of the molecule is c1ccc(-c2cc(-c3ccccc3)cc(-c3c4ccccc4c(-c4ccc5cc(-c6ccccc6)c6ccccc6c5c4)c4ccccc34)c2)cc1. The highest BCUT2D eigenvalue weighted by Gasteiger charge is 2.19. The lowest BCUT2D eigenvalue weighted by molar-refractivity contribution is 1.58. The van der Waals surface area contributed by atoms with Crippen LogP contribution in [0.25, 0.3) is 98.7 Å². The molecule has 0 radical (unpaired) electrons. The van der Waals surface area contributed by atoms with Crippen molar-refractivity contribution >= 4 is 43.1 Å². The number of rotatable bonds is 5. The average molecular weight is 659 g/mol. The molecule has 0 heteroatoms. The van der Waals surface area contributed by atoms with Crippen LogP contribution in [0.15, 0.2) is 206 Å². The maximum Gasteiger partial charge on any atom is -0.00259 e. The molecule has 0 bridgehead atoms. The van der Waals surface area contributed by atoms with Gasteiger partial charge in [0.25, 0.3) is 0 Å². The molecule has 0 fully saturated rings. The van der Waals surface area contributed by atoms with Gasteiger partial charge in [-0.05, 0) is 129 Å². The molecule has 0 spiro atoms. The molecule has 0 aliphatic carbocycles. The van der Waals surface area contributed by atoms with Crippen LogP contribution in [0.4, 0.5) is 0 Å². The van der Waals surface area contributed by atoms with Gasteiger partial charge in [-0.1, -0.05) is 176 Å². The third-order valence-electron chi connectivity index (χ3n) is 10.6. The van der Waals surface area contributed by atoms with E-state index in [0.29, 0.717) is 0 Å². The van der Waals surface area contributed by atoms with Gasteiger partial charge in [0.15, 0.2) is 0 Å². The van der Waals surface area contributed by atoms with Gasteiger partial charge in [0.05, 0.1) is 0 Å². The Morgan fingerprint density at radius 1 is 0.192 bits per heavy atom. The van der Waals surface area contributed by atoms with Crippen molar-refractivity contribution in [2.75, 3.05) is 0 Å². The summed E-state index contributed by atoms with van der Waals surface area (Å²) in [7, 11) is 0. The third-order valence-corrected chi connectivity index (χ3v) is 10.6. The van der Waals surface area contributed by atoms with E-state index in [1.165, 1.54) is 98.7 Å². The number of hydrogen-bond donors (Lipinski definition) is 0. The Morgan fingerprint density at radius 2 is 0.596 bits per heavy atom. The highest BCUT2D eigenvalue weighted by Crippen LogP contribution is 2.46. The van der Waals surface area contributed by atoms with E-state index in [-0.39, 0.29) is 0 Å². The quantitative estimate of drug-likeness (QED) is 0.128. The zero-order valence-corrected chi connectivity index (χ0v) is 28.6. The van der Waals surface area contributed by atoms with Crippen molar-refractivity contribution < 1.29 is 0 Å². The fourth-order valence-corrected chi connectivity index (χ4v) is 8.23. The van der Waals surface area contributed by atoms with E-state index in [2.05, 4.69) is 206 Å². The lowest BCUT2D eigenvalue weighted by Crippen LogP contribution is -1.92. The zero-order chi connectivity index (χ0) is 34.4. The van der Waals surface area contributed by atoms with Crippen molar-refractivity contribution in [3.05, 3.63) is 206 Å². The lowest BCUT2D eigenvalue weighted by Gasteiger charge is -2.20. The molecular formula is C52H34. The Morgan fingerprint density at radius 3 is 1.12 bits per heavy atom. The summed E-state index contributed by atoms with van der Waals surface area (Å²) >= 11 is 0. The summed E-state index contributed by atoms with van der Waals surface area (Å²) < 4.78 is 0. The largest absolute Gasteiger partial charge is 0.0622 e. The van der Waals surface area contributed by atoms with Crippen molar-refractivity contribution in [3.8, 4) is 55.6 Å². The summed E-state index contributed by atoms with van der Waals surface area (Å²) in [6.07, 6.45) is 0. The van der Waals surface area contributed by atoms with Gasteiger partial charge in [-0.25, -0.2) is 0 Å². The van der Waals surface area contributed by atoms with Crippen molar-refractivity contribution in [2.45, 2.75) is 0 Å². The Labute approximate surface area is 303 Å². The molecule has 52 heavy (non-hydrogen) atoms. The Bertz CT molecular complexity index is 2810. The molecule has 0 amide bonds. The maximum absolute atomic E-state index is 2.42. The molecule has 0 saturated carbocycles. The average Bonchev–Trinajstić information content (AvgIpc) is 3.23. The molecule has 10 rings (SSSR count). The van der Waals surface area contributed by atoms with Crippen molar-refractivity contribution in [1.29, 1.82) is 0 Å². The van der Waals surface area contributed by atoms with Gasteiger partial charge >= 0.3 is 0 Å². The molecule has 0 aliphatic rings. The van der Waals surface area contributed by atoms with Crippen LogP contribution < -0.4 is 0 Å². The fourth-order valence-electron chi connectivity index (χ4n) is 8.23. The van der Waals surface area contributed by atoms with Crippen LogP contribution in [0, 0.1) is 0 Å². The Kier molecular flexibility index (Phi) is 7.25. The van der Waals surface area contributed by atoms with Gasteiger partial charge in [0.1, 0.15) is 0 Å². The van der Waals surface area contributed by atoms with E-state index in [9.17, 15) is 0 Å². The summed E-state index contributed by atoms with van der Waals surface area (Å²) in [4.78, 5) is 0. The van der Waals surface area contributed by atoms with Crippen LogP contribution in [0.5, 0.6) is 0 Å². The third kappa shape index (κ3) is 5.08. The molecule has 0 N–H and O–H groups in total. The molecule has 10 aromatic carbocycles. The molecule has 0 aromatic heterocycles. The normalized spacial score (nSPS) is 11.5. The molecule has 0 heterocycles. The van der Waals surface area contributed by atoms with E-state index < -0.39 is 0 Å². The predicted octanol–water partition coefficient (Wildman–Crippen LogP) is 14.6. The van der Waals surface area contributed by atoms with E-state index in [4.69, 9.17) is 0 Å². The first kappa shape index (κ1) is 30.1. The van der Waals surface area contributed by atoms with Crippen molar-refractivity contribution in [3.63, 3.8) is 0 Å². The monoisotopic (exact) mass is 658 g/mol. The molecule has 0 aliphatic heterocycles. The second kappa shape index (κ2) is 12.5. The predicted molar refractivity (Wildman–Crippen MR) is 224 cm³/mol. The van der Waals surface area contributed by atoms with Crippen LogP contribution in [0.2, 0.25) is 0 Å². The minimum Gasteiger partial charge on any atom is -0.0622 e. The number of benzene rings is 10. The first-order valence-electron chi connectivity index (χ1n) is 18.0. The molecule has 0 atom stereocenters. The molecule has 242 valence electrons. The number of fused-ring (bicyclic) bond motifs is 5. The maximum atomic E-state index is 2.42. The summed E-state index contributed by atoms with van der Waals surface area (Å²) in [6, 6.07) is 75.6. The topological polar surface area (TPSA) is 0 Å². The van der Waals surface area contributed by atoms with Gasteiger partial charge in [-0.15, -0.1) is 0 Å². The molecule has 10 aromatic rings. The lowest BCUT2D eigenvalue weighted by atomic mass is 9.84. The minimum atomic E-state index is 1.21. The second-order valence-corrected chi connectivity index (χ2v) is 13.6. The molecule has 0 unspecified atom stereocenters. The summed E-state index contributed by atoms with van der Waals surface area (Å²) in [5.41, 5.74) is 12.4. The standard InChI is InChI=1S/C52H34/c1-4-16-35(17-5-1)40-30-41(36-18-6-2-7-19-36)32-42(31-40)52-47-26-14-12-24-45(47)51(46-25-13-15-27-48(46)52)39-29-28-38-33-49(37-20-8-3-9-21-37)43-22-10-11-23-44(43)50(38)34-39/h1-34H. The van der Waals surface area contributed by atoms with E-state index >= 15 is 0 Å². The Balaban J connectivity index is 1.25. The smallest absolute Gasteiger partial charge is 0.00259 e. The highest BCUT2D eigenvalue weighted by molar-refractivity contribution is 6.23. The zero-order valence-electron chi connectivity index (χ0n) is 28.6. The number of hydrogen-bond acceptors (Lipinski definition) is 0. The molecule has 0 saturated heterocycles. The van der Waals surface area contributed by atoms with Gasteiger partial charge in [-0.3, -0.25) is 0 Å². The summed E-state index contributed by atoms with van der Waals surface area (Å²) in [5, 5.41) is 10.1. The van der Waals surface area contributed by atoms with Crippen LogP contribution in [-0.4, -0.2) is 0 Å². The second-order valence-electron chi connectivity index (χ2n) is 13.6. The van der Waals surface area contributed by atoms with Crippen LogP contribution >= 0.6 is 0 Å². The van der Waals surface area contributed by atoms with E-state index in [1.807, 2.05) is 0 Å². The first-order valence-corrected chi connectivity index (χ1v) is 18.0. The van der Waals surface area contributed by atoms with Gasteiger partial charge in [0, 0.05) is 0 Å². The van der Waals surface area contributed by atoms with Crippen LogP contribution in [-0.2, 0) is 0 Å². The summed E-state index contributed by atoms with van der Waals surface area (Å²) in [5.74, 6) is 0. The van der Waals surface area contributed by atoms with E-state index in [1.54, 1.807) is 0 Å². The molecular weight excluding hydrogens is 625 g/mol. The van der Waals surface area contributed by atoms with Gasteiger partial charge in [-0.2, -0.15) is 0 Å². The summed E-state index contributed by atoms with van der Waals surface area (Å²) in [6.45, 7) is 0. The van der Waals surface area contributed by atoms with Gasteiger partial charge < -0.3 is 0 Å². The fraction of sp³-hybridized carbons (Fsp3) is 0. The highest BCUT2D eigenvalue weighted by atomic mass is 14.2. The first-order chi connectivity index (χ1) is 25.8.